The number of carbonyl (C=O) groups excluding carboxylic acids is 2. The van der Waals surface area contributed by atoms with Gasteiger partial charge in [0.2, 0.25) is 0 Å². The summed E-state index contributed by atoms with van der Waals surface area (Å²) in [7, 11) is 1.51. The van der Waals surface area contributed by atoms with Crippen LogP contribution in [0.1, 0.15) is 29.9 Å². The minimum Gasteiger partial charge on any atom is -0.493 e. The molecule has 2 amide bonds. The predicted octanol–water partition coefficient (Wildman–Crippen LogP) is 5.16. The topological polar surface area (TPSA) is 96.5 Å². The Balaban J connectivity index is 1.19. The monoisotopic (exact) mass is 502 g/mol. The summed E-state index contributed by atoms with van der Waals surface area (Å²) in [5.74, 6) is -1.05. The number of anilines is 1. The Morgan fingerprint density at radius 3 is 2.62 bits per heavy atom. The first kappa shape index (κ1) is 24.3. The second-order valence-corrected chi connectivity index (χ2v) is 9.07. The van der Waals surface area contributed by atoms with Crippen LogP contribution in [0.4, 0.5) is 10.1 Å². The lowest BCUT2D eigenvalue weighted by Gasteiger charge is -2.31. The molecule has 8 nitrogen and oxygen atoms in total. The molecule has 3 heterocycles. The number of H-pyrrole nitrogens is 1. The van der Waals surface area contributed by atoms with Gasteiger partial charge in [-0.15, -0.1) is 0 Å². The second-order valence-electron chi connectivity index (χ2n) is 9.07. The van der Waals surface area contributed by atoms with E-state index in [1.807, 2.05) is 31.3 Å². The Morgan fingerprint density at radius 2 is 1.86 bits per heavy atom. The number of aromatic amines is 1. The molecule has 0 spiro atoms. The maximum Gasteiger partial charge on any atom is 0.313 e. The molecule has 0 aliphatic carbocycles. The standard InChI is InChI=1S/C28H27FN4O4/c1-17-5-7-24(25(14-17)36-2)37-23-8-6-19(15-21(23)29)32-27(34)28(35)33-12-9-18(10-13-33)20-16-31-22-4-3-11-30-26(20)22/h3-8,11,14-16,18,31H,9-10,12-13H2,1-2H3,(H,32,34). The van der Waals surface area contributed by atoms with Crippen LogP contribution in [0.15, 0.2) is 60.9 Å². The van der Waals surface area contributed by atoms with Gasteiger partial charge in [-0.05, 0) is 73.2 Å². The van der Waals surface area contributed by atoms with Crippen LogP contribution in [0.25, 0.3) is 11.0 Å². The van der Waals surface area contributed by atoms with Crippen molar-refractivity contribution in [2.24, 2.45) is 0 Å². The van der Waals surface area contributed by atoms with E-state index in [2.05, 4.69) is 15.3 Å². The Labute approximate surface area is 213 Å². The fourth-order valence-electron chi connectivity index (χ4n) is 4.65. The molecule has 190 valence electrons. The third-order valence-electron chi connectivity index (χ3n) is 6.61. The molecule has 2 N–H and O–H groups in total. The number of fused-ring (bicyclic) bond motifs is 1. The van der Waals surface area contributed by atoms with Crippen molar-refractivity contribution in [3.8, 4) is 17.2 Å². The van der Waals surface area contributed by atoms with E-state index in [0.717, 1.165) is 41.1 Å². The second kappa shape index (κ2) is 10.3. The van der Waals surface area contributed by atoms with Crippen LogP contribution in [0.2, 0.25) is 0 Å². The number of carbonyl (C=O) groups is 2. The van der Waals surface area contributed by atoms with Gasteiger partial charge in [-0.1, -0.05) is 6.07 Å². The number of amides is 2. The number of nitrogens with zero attached hydrogens (tertiary/aromatic N) is 2. The molecule has 1 aliphatic rings. The molecular weight excluding hydrogens is 475 g/mol. The molecule has 0 radical (unpaired) electrons. The summed E-state index contributed by atoms with van der Waals surface area (Å²) in [6.07, 6.45) is 5.20. The maximum absolute atomic E-state index is 14.7. The molecule has 0 atom stereocenters. The number of pyridine rings is 1. The highest BCUT2D eigenvalue weighted by Gasteiger charge is 2.29. The Hall–Kier alpha value is -4.40. The molecule has 2 aromatic heterocycles. The van der Waals surface area contributed by atoms with Gasteiger partial charge in [-0.25, -0.2) is 4.39 Å². The summed E-state index contributed by atoms with van der Waals surface area (Å²) in [5, 5.41) is 2.50. The molecule has 4 aromatic rings. The first-order valence-electron chi connectivity index (χ1n) is 12.1. The lowest BCUT2D eigenvalue weighted by Crippen LogP contribution is -2.43. The zero-order valence-electron chi connectivity index (χ0n) is 20.6. The van der Waals surface area contributed by atoms with Crippen LogP contribution >= 0.6 is 0 Å². The highest BCUT2D eigenvalue weighted by molar-refractivity contribution is 6.39. The van der Waals surface area contributed by atoms with E-state index in [-0.39, 0.29) is 17.4 Å². The van der Waals surface area contributed by atoms with E-state index in [4.69, 9.17) is 9.47 Å². The van der Waals surface area contributed by atoms with Crippen molar-refractivity contribution in [2.45, 2.75) is 25.7 Å². The molecule has 5 rings (SSSR count). The molecule has 37 heavy (non-hydrogen) atoms. The van der Waals surface area contributed by atoms with Crippen LogP contribution in [0.5, 0.6) is 17.2 Å². The summed E-state index contributed by atoms with van der Waals surface area (Å²) in [6.45, 7) is 2.82. The average molecular weight is 503 g/mol. The zero-order chi connectivity index (χ0) is 25.9. The van der Waals surface area contributed by atoms with Crippen molar-refractivity contribution in [3.63, 3.8) is 0 Å². The molecule has 2 aromatic carbocycles. The lowest BCUT2D eigenvalue weighted by atomic mass is 9.90. The Morgan fingerprint density at radius 1 is 1.08 bits per heavy atom. The smallest absolute Gasteiger partial charge is 0.313 e. The fraction of sp³-hybridized carbons (Fsp3) is 0.250. The highest BCUT2D eigenvalue weighted by Crippen LogP contribution is 2.35. The summed E-state index contributed by atoms with van der Waals surface area (Å²) in [5.41, 5.74) is 4.20. The number of hydrogen-bond acceptors (Lipinski definition) is 5. The van der Waals surface area contributed by atoms with Gasteiger partial charge in [0, 0.05) is 37.2 Å². The third-order valence-corrected chi connectivity index (χ3v) is 6.61. The Bertz CT molecular complexity index is 1460. The first-order valence-corrected chi connectivity index (χ1v) is 12.1. The van der Waals surface area contributed by atoms with Crippen LogP contribution < -0.4 is 14.8 Å². The third kappa shape index (κ3) is 5.11. The van der Waals surface area contributed by atoms with Crippen LogP contribution in [0, 0.1) is 12.7 Å². The number of methoxy groups -OCH3 is 1. The average Bonchev–Trinajstić information content (AvgIpc) is 3.35. The van der Waals surface area contributed by atoms with Crippen molar-refractivity contribution in [3.05, 3.63) is 77.9 Å². The first-order chi connectivity index (χ1) is 17.9. The number of rotatable bonds is 5. The van der Waals surface area contributed by atoms with Crippen molar-refractivity contribution < 1.29 is 23.5 Å². The van der Waals surface area contributed by atoms with E-state index in [1.165, 1.54) is 24.1 Å². The van der Waals surface area contributed by atoms with Crippen molar-refractivity contribution in [2.75, 3.05) is 25.5 Å². The van der Waals surface area contributed by atoms with Gasteiger partial charge >= 0.3 is 11.8 Å². The number of nitrogens with one attached hydrogen (secondary N) is 2. The molecule has 1 saturated heterocycles. The van der Waals surface area contributed by atoms with Crippen molar-refractivity contribution in [1.29, 1.82) is 0 Å². The summed E-state index contributed by atoms with van der Waals surface area (Å²) in [6, 6.07) is 13.2. The number of halogens is 1. The molecule has 0 bridgehead atoms. The fourth-order valence-corrected chi connectivity index (χ4v) is 4.65. The SMILES string of the molecule is COc1cc(C)ccc1Oc1ccc(NC(=O)C(=O)N2CCC(c3c[nH]c4cccnc34)CC2)cc1F. The molecule has 1 aliphatic heterocycles. The van der Waals surface area contributed by atoms with Gasteiger partial charge in [0.25, 0.3) is 0 Å². The molecule has 1 fully saturated rings. The number of hydrogen-bond donors (Lipinski definition) is 2. The van der Waals surface area contributed by atoms with Crippen LogP contribution in [0.3, 0.4) is 0 Å². The molecule has 0 unspecified atom stereocenters. The zero-order valence-corrected chi connectivity index (χ0v) is 20.6. The maximum atomic E-state index is 14.7. The van der Waals surface area contributed by atoms with E-state index in [1.54, 1.807) is 18.3 Å². The van der Waals surface area contributed by atoms with E-state index in [9.17, 15) is 14.0 Å². The predicted molar refractivity (Wildman–Crippen MR) is 137 cm³/mol. The van der Waals surface area contributed by atoms with Gasteiger partial charge in [-0.3, -0.25) is 14.6 Å². The van der Waals surface area contributed by atoms with E-state index in [0.29, 0.717) is 24.6 Å². The van der Waals surface area contributed by atoms with E-state index < -0.39 is 17.6 Å². The minimum absolute atomic E-state index is 0.0275. The number of piperidine rings is 1. The number of benzene rings is 2. The number of aryl methyl sites for hydroxylation is 1. The van der Waals surface area contributed by atoms with Gasteiger partial charge in [0.15, 0.2) is 23.1 Å². The normalized spacial score (nSPS) is 14.0. The van der Waals surface area contributed by atoms with Gasteiger partial charge in [0.05, 0.1) is 18.1 Å². The minimum atomic E-state index is -0.805. The van der Waals surface area contributed by atoms with Gasteiger partial charge < -0.3 is 24.7 Å². The molecular formula is C28H27FN4O4. The van der Waals surface area contributed by atoms with Crippen LogP contribution in [-0.2, 0) is 9.59 Å². The summed E-state index contributed by atoms with van der Waals surface area (Å²) < 4.78 is 25.7. The summed E-state index contributed by atoms with van der Waals surface area (Å²) in [4.78, 5) is 34.6. The summed E-state index contributed by atoms with van der Waals surface area (Å²) >= 11 is 0. The molecule has 9 heteroatoms. The lowest BCUT2D eigenvalue weighted by molar-refractivity contribution is -0.143. The number of ether oxygens (including phenoxy) is 2. The highest BCUT2D eigenvalue weighted by atomic mass is 19.1. The van der Waals surface area contributed by atoms with Crippen molar-refractivity contribution >= 4 is 28.5 Å². The van der Waals surface area contributed by atoms with E-state index >= 15 is 0 Å². The van der Waals surface area contributed by atoms with Crippen molar-refractivity contribution in [1.82, 2.24) is 14.9 Å². The largest absolute Gasteiger partial charge is 0.493 e. The Kier molecular flexibility index (Phi) is 6.76. The number of aromatic nitrogens is 2. The van der Waals surface area contributed by atoms with Gasteiger partial charge in [0.1, 0.15) is 0 Å². The number of likely N-dealkylation sites (tertiary alicyclic amines) is 1. The quantitative estimate of drug-likeness (QED) is 0.368. The molecule has 0 saturated carbocycles. The van der Waals surface area contributed by atoms with Crippen LogP contribution in [-0.4, -0.2) is 46.9 Å². The van der Waals surface area contributed by atoms with Gasteiger partial charge in [-0.2, -0.15) is 0 Å².